The minimum Gasteiger partial charge on any atom is -0.349 e. The van der Waals surface area contributed by atoms with Crippen molar-refractivity contribution in [2.45, 2.75) is 25.9 Å². The number of amides is 1. The number of nitrogens with one attached hydrogen (secondary N) is 2. The van der Waals surface area contributed by atoms with Crippen LogP contribution >= 0.6 is 0 Å². The molecular formula is C10H14N6O. The molecule has 90 valence electrons. The van der Waals surface area contributed by atoms with E-state index in [1.807, 2.05) is 6.92 Å². The fourth-order valence-electron chi connectivity index (χ4n) is 1.46. The maximum atomic E-state index is 11.6. The molecule has 1 unspecified atom stereocenters. The molecule has 0 bridgehead atoms. The molecule has 0 aliphatic carbocycles. The van der Waals surface area contributed by atoms with Crippen LogP contribution in [0.3, 0.4) is 0 Å². The summed E-state index contributed by atoms with van der Waals surface area (Å²) >= 11 is 0. The molecule has 2 aromatic heterocycles. The van der Waals surface area contributed by atoms with Crippen LogP contribution in [-0.4, -0.2) is 31.1 Å². The monoisotopic (exact) mass is 234 g/mol. The van der Waals surface area contributed by atoms with Gasteiger partial charge < -0.3 is 5.32 Å². The van der Waals surface area contributed by atoms with Crippen LogP contribution in [0.15, 0.2) is 24.8 Å². The third-order valence-electron chi connectivity index (χ3n) is 2.44. The van der Waals surface area contributed by atoms with Crippen molar-refractivity contribution in [3.05, 3.63) is 30.4 Å². The molecule has 1 amide bonds. The Morgan fingerprint density at radius 1 is 1.65 bits per heavy atom. The second-order valence-electron chi connectivity index (χ2n) is 3.74. The molecule has 0 saturated carbocycles. The topological polar surface area (TPSA) is 88.5 Å². The van der Waals surface area contributed by atoms with Crippen molar-refractivity contribution < 1.29 is 4.79 Å². The number of hydrogen-bond acceptors (Lipinski definition) is 4. The molecular weight excluding hydrogens is 220 g/mol. The van der Waals surface area contributed by atoms with Crippen molar-refractivity contribution >= 4 is 5.91 Å². The third kappa shape index (κ3) is 3.13. The number of H-pyrrole nitrogens is 1. The molecule has 2 rings (SSSR count). The molecule has 2 N–H and O–H groups in total. The van der Waals surface area contributed by atoms with E-state index in [0.29, 0.717) is 13.0 Å². The number of aryl methyl sites for hydroxylation is 1. The zero-order valence-electron chi connectivity index (χ0n) is 9.50. The molecule has 2 heterocycles. The number of carbonyl (C=O) groups is 1. The van der Waals surface area contributed by atoms with E-state index in [-0.39, 0.29) is 11.9 Å². The summed E-state index contributed by atoms with van der Waals surface area (Å²) in [6.45, 7) is 2.45. The standard InChI is InChI=1S/C10H14N6O/c1-8(9-6-12-13-7-9)14-10(17)2-4-16-5-3-11-15-16/h3,5-8H,2,4H2,1H3,(H,12,13)(H,14,17). The zero-order chi connectivity index (χ0) is 12.1. The molecule has 1 atom stereocenters. The first-order valence-electron chi connectivity index (χ1n) is 5.38. The average molecular weight is 234 g/mol. The lowest BCUT2D eigenvalue weighted by atomic mass is 10.2. The first-order valence-corrected chi connectivity index (χ1v) is 5.38. The van der Waals surface area contributed by atoms with Crippen LogP contribution < -0.4 is 5.32 Å². The van der Waals surface area contributed by atoms with Crippen molar-refractivity contribution in [2.24, 2.45) is 0 Å². The Labute approximate surface area is 98.2 Å². The number of carbonyl (C=O) groups excluding carboxylic acids is 1. The van der Waals surface area contributed by atoms with E-state index >= 15 is 0 Å². The predicted molar refractivity (Wildman–Crippen MR) is 59.8 cm³/mol. The lowest BCUT2D eigenvalue weighted by Crippen LogP contribution is -2.27. The zero-order valence-corrected chi connectivity index (χ0v) is 9.50. The maximum absolute atomic E-state index is 11.6. The van der Waals surface area contributed by atoms with Gasteiger partial charge in [0.2, 0.25) is 5.91 Å². The van der Waals surface area contributed by atoms with Crippen molar-refractivity contribution in [2.75, 3.05) is 0 Å². The van der Waals surface area contributed by atoms with Gasteiger partial charge in [0.15, 0.2) is 0 Å². The first-order chi connectivity index (χ1) is 8.25. The summed E-state index contributed by atoms with van der Waals surface area (Å²) in [6, 6.07) is -0.0444. The molecule has 17 heavy (non-hydrogen) atoms. The molecule has 7 heteroatoms. The molecule has 0 fully saturated rings. The van der Waals surface area contributed by atoms with Crippen molar-refractivity contribution in [1.29, 1.82) is 0 Å². The van der Waals surface area contributed by atoms with Gasteiger partial charge in [-0.15, -0.1) is 5.10 Å². The first kappa shape index (κ1) is 11.3. The highest BCUT2D eigenvalue weighted by molar-refractivity contribution is 5.76. The molecule has 0 saturated heterocycles. The molecule has 0 aliphatic rings. The smallest absolute Gasteiger partial charge is 0.222 e. The van der Waals surface area contributed by atoms with Crippen LogP contribution in [0.2, 0.25) is 0 Å². The second kappa shape index (κ2) is 5.24. The largest absolute Gasteiger partial charge is 0.349 e. The van der Waals surface area contributed by atoms with Gasteiger partial charge in [0.1, 0.15) is 0 Å². The van der Waals surface area contributed by atoms with Gasteiger partial charge in [0.25, 0.3) is 0 Å². The molecule has 0 aliphatic heterocycles. The van der Waals surface area contributed by atoms with Crippen LogP contribution in [-0.2, 0) is 11.3 Å². The Hall–Kier alpha value is -2.18. The van der Waals surface area contributed by atoms with E-state index in [0.717, 1.165) is 5.56 Å². The number of rotatable bonds is 5. The van der Waals surface area contributed by atoms with E-state index < -0.39 is 0 Å². The molecule has 2 aromatic rings. The number of aromatic amines is 1. The van der Waals surface area contributed by atoms with Crippen LogP contribution in [0.5, 0.6) is 0 Å². The van der Waals surface area contributed by atoms with Crippen molar-refractivity contribution in [3.8, 4) is 0 Å². The Balaban J connectivity index is 1.77. The second-order valence-corrected chi connectivity index (χ2v) is 3.74. The molecule has 0 aromatic carbocycles. The van der Waals surface area contributed by atoms with E-state index in [1.54, 1.807) is 29.5 Å². The summed E-state index contributed by atoms with van der Waals surface area (Å²) in [5.74, 6) is -0.0193. The summed E-state index contributed by atoms with van der Waals surface area (Å²) < 4.78 is 1.63. The van der Waals surface area contributed by atoms with E-state index in [9.17, 15) is 4.79 Å². The summed E-state index contributed by atoms with van der Waals surface area (Å²) in [5, 5.41) is 16.9. The number of aromatic nitrogens is 5. The third-order valence-corrected chi connectivity index (χ3v) is 2.44. The summed E-state index contributed by atoms with van der Waals surface area (Å²) in [6.07, 6.45) is 7.16. The van der Waals surface area contributed by atoms with Gasteiger partial charge in [-0.2, -0.15) is 5.10 Å². The molecule has 0 spiro atoms. The Morgan fingerprint density at radius 2 is 2.53 bits per heavy atom. The van der Waals surface area contributed by atoms with Gasteiger partial charge in [0.05, 0.1) is 25.0 Å². The number of hydrogen-bond donors (Lipinski definition) is 2. The summed E-state index contributed by atoms with van der Waals surface area (Å²) in [5.41, 5.74) is 0.958. The highest BCUT2D eigenvalue weighted by Crippen LogP contribution is 2.08. The van der Waals surface area contributed by atoms with Gasteiger partial charge in [0, 0.05) is 24.4 Å². The lowest BCUT2D eigenvalue weighted by molar-refractivity contribution is -0.122. The van der Waals surface area contributed by atoms with Crippen molar-refractivity contribution in [3.63, 3.8) is 0 Å². The minimum atomic E-state index is -0.0444. The van der Waals surface area contributed by atoms with E-state index in [1.165, 1.54) is 0 Å². The van der Waals surface area contributed by atoms with Gasteiger partial charge >= 0.3 is 0 Å². The number of nitrogens with zero attached hydrogens (tertiary/aromatic N) is 4. The normalized spacial score (nSPS) is 12.3. The van der Waals surface area contributed by atoms with E-state index in [2.05, 4.69) is 25.8 Å². The SMILES string of the molecule is CC(NC(=O)CCn1ccnn1)c1cn[nH]c1. The Bertz CT molecular complexity index is 449. The minimum absolute atomic E-state index is 0.0193. The van der Waals surface area contributed by atoms with Gasteiger partial charge in [-0.3, -0.25) is 14.6 Å². The highest BCUT2D eigenvalue weighted by Gasteiger charge is 2.10. The van der Waals surface area contributed by atoms with Crippen LogP contribution in [0.25, 0.3) is 0 Å². The fourth-order valence-corrected chi connectivity index (χ4v) is 1.46. The highest BCUT2D eigenvalue weighted by atomic mass is 16.1. The van der Waals surface area contributed by atoms with Crippen molar-refractivity contribution in [1.82, 2.24) is 30.5 Å². The summed E-state index contributed by atoms with van der Waals surface area (Å²) in [7, 11) is 0. The van der Waals surface area contributed by atoms with Crippen LogP contribution in [0.4, 0.5) is 0 Å². The van der Waals surface area contributed by atoms with E-state index in [4.69, 9.17) is 0 Å². The predicted octanol–water partition coefficient (Wildman–Crippen LogP) is 0.269. The fraction of sp³-hybridized carbons (Fsp3) is 0.400. The summed E-state index contributed by atoms with van der Waals surface area (Å²) in [4.78, 5) is 11.6. The molecule has 7 nitrogen and oxygen atoms in total. The Morgan fingerprint density at radius 3 is 3.18 bits per heavy atom. The average Bonchev–Trinajstić information content (AvgIpc) is 2.99. The van der Waals surface area contributed by atoms with Gasteiger partial charge in [-0.05, 0) is 6.92 Å². The van der Waals surface area contributed by atoms with Gasteiger partial charge in [-0.25, -0.2) is 0 Å². The lowest BCUT2D eigenvalue weighted by Gasteiger charge is -2.11. The molecule has 0 radical (unpaired) electrons. The quantitative estimate of drug-likeness (QED) is 0.777. The maximum Gasteiger partial charge on any atom is 0.222 e. The van der Waals surface area contributed by atoms with Gasteiger partial charge in [-0.1, -0.05) is 5.21 Å². The van der Waals surface area contributed by atoms with Crippen LogP contribution in [0.1, 0.15) is 24.9 Å². The Kier molecular flexibility index (Phi) is 3.49. The van der Waals surface area contributed by atoms with Crippen LogP contribution in [0, 0.1) is 0 Å².